The molecule has 0 bridgehead atoms. The van der Waals surface area contributed by atoms with Gasteiger partial charge in [-0.3, -0.25) is 9.00 Å². The van der Waals surface area contributed by atoms with Crippen LogP contribution >= 0.6 is 23.2 Å². The fraction of sp³-hybridized carbons (Fsp3) is 0.235. The zero-order chi connectivity index (χ0) is 17.4. The van der Waals surface area contributed by atoms with E-state index in [0.717, 1.165) is 5.56 Å². The van der Waals surface area contributed by atoms with Crippen molar-refractivity contribution in [2.45, 2.75) is 17.2 Å². The zero-order valence-electron chi connectivity index (χ0n) is 12.7. The molecule has 7 heteroatoms. The van der Waals surface area contributed by atoms with Crippen LogP contribution in [0.3, 0.4) is 0 Å². The van der Waals surface area contributed by atoms with E-state index in [-0.39, 0.29) is 22.6 Å². The maximum Gasteiger partial charge on any atom is 0.228 e. The van der Waals surface area contributed by atoms with Gasteiger partial charge in [0.05, 0.1) is 25.7 Å². The third-order valence-corrected chi connectivity index (χ3v) is 5.70. The van der Waals surface area contributed by atoms with Gasteiger partial charge in [-0.2, -0.15) is 0 Å². The lowest BCUT2D eigenvalue weighted by atomic mass is 10.1. The quantitative estimate of drug-likeness (QED) is 0.834. The van der Waals surface area contributed by atoms with Gasteiger partial charge in [-0.25, -0.2) is 4.39 Å². The van der Waals surface area contributed by atoms with Crippen molar-refractivity contribution >= 4 is 45.6 Å². The number of hydrogen-bond donors (Lipinski definition) is 1. The Hall–Kier alpha value is -1.43. The van der Waals surface area contributed by atoms with E-state index in [9.17, 15) is 13.4 Å². The van der Waals surface area contributed by atoms with E-state index in [0.29, 0.717) is 22.2 Å². The average molecular weight is 386 g/mol. The highest BCUT2D eigenvalue weighted by Gasteiger charge is 2.44. The van der Waals surface area contributed by atoms with Crippen LogP contribution in [0.25, 0.3) is 0 Å². The lowest BCUT2D eigenvalue weighted by Crippen LogP contribution is -2.14. The summed E-state index contributed by atoms with van der Waals surface area (Å²) in [6.07, 6.45) is 2.12. The summed E-state index contributed by atoms with van der Waals surface area (Å²) in [7, 11) is -1.40. The fourth-order valence-corrected chi connectivity index (χ4v) is 3.54. The highest BCUT2D eigenvalue weighted by Crippen LogP contribution is 2.49. The molecule has 3 rings (SSSR count). The molecule has 3 unspecified atom stereocenters. The van der Waals surface area contributed by atoms with Gasteiger partial charge in [0, 0.05) is 17.9 Å². The SMILES string of the molecule is CS(=O)c1ccc(NC(=O)C2CC2c2ccc(Cl)c(Cl)c2)cc1F. The summed E-state index contributed by atoms with van der Waals surface area (Å²) >= 11 is 11.9. The van der Waals surface area contributed by atoms with Crippen molar-refractivity contribution in [2.75, 3.05) is 11.6 Å². The molecule has 1 aliphatic rings. The number of anilines is 1. The number of nitrogens with one attached hydrogen (secondary N) is 1. The van der Waals surface area contributed by atoms with Crippen LogP contribution in [0.5, 0.6) is 0 Å². The van der Waals surface area contributed by atoms with Crippen molar-refractivity contribution < 1.29 is 13.4 Å². The molecule has 24 heavy (non-hydrogen) atoms. The molecule has 1 saturated carbocycles. The van der Waals surface area contributed by atoms with E-state index in [4.69, 9.17) is 23.2 Å². The Morgan fingerprint density at radius 2 is 1.96 bits per heavy atom. The average Bonchev–Trinajstić information content (AvgIpc) is 3.30. The highest BCUT2D eigenvalue weighted by molar-refractivity contribution is 7.84. The molecule has 3 atom stereocenters. The number of carbonyl (C=O) groups excluding carboxylic acids is 1. The van der Waals surface area contributed by atoms with E-state index in [2.05, 4.69) is 5.32 Å². The standard InChI is InChI=1S/C17H14Cl2FNO2S/c1-24(23)16-5-3-10(7-15(16)20)21-17(22)12-8-11(12)9-2-4-13(18)14(19)6-9/h2-7,11-12H,8H2,1H3,(H,21,22). The van der Waals surface area contributed by atoms with Crippen LogP contribution in [0.2, 0.25) is 10.0 Å². The summed E-state index contributed by atoms with van der Waals surface area (Å²) in [5.74, 6) is -0.848. The number of amides is 1. The number of carbonyl (C=O) groups is 1. The third kappa shape index (κ3) is 3.63. The van der Waals surface area contributed by atoms with Crippen molar-refractivity contribution in [3.8, 4) is 0 Å². The van der Waals surface area contributed by atoms with Crippen molar-refractivity contribution in [2.24, 2.45) is 5.92 Å². The Labute approximate surface area is 151 Å². The van der Waals surface area contributed by atoms with Gasteiger partial charge in [-0.05, 0) is 48.2 Å². The molecule has 2 aromatic rings. The molecular formula is C17H14Cl2FNO2S. The van der Waals surface area contributed by atoms with E-state index >= 15 is 0 Å². The van der Waals surface area contributed by atoms with Crippen molar-refractivity contribution in [3.63, 3.8) is 0 Å². The number of halogens is 3. The third-order valence-electron chi connectivity index (χ3n) is 4.01. The van der Waals surface area contributed by atoms with E-state index < -0.39 is 16.6 Å². The minimum absolute atomic E-state index is 0.0898. The first-order valence-electron chi connectivity index (χ1n) is 7.25. The number of hydrogen-bond acceptors (Lipinski definition) is 2. The van der Waals surface area contributed by atoms with Crippen LogP contribution in [0, 0.1) is 11.7 Å². The smallest absolute Gasteiger partial charge is 0.228 e. The molecule has 1 aliphatic carbocycles. The van der Waals surface area contributed by atoms with Crippen molar-refractivity contribution in [1.29, 1.82) is 0 Å². The minimum Gasteiger partial charge on any atom is -0.326 e. The summed E-state index contributed by atoms with van der Waals surface area (Å²) in [6, 6.07) is 9.50. The van der Waals surface area contributed by atoms with Crippen molar-refractivity contribution in [3.05, 3.63) is 57.8 Å². The first-order valence-corrected chi connectivity index (χ1v) is 9.57. The molecule has 0 aromatic heterocycles. The summed E-state index contributed by atoms with van der Waals surface area (Å²) in [5.41, 5.74) is 1.32. The second kappa shape index (κ2) is 6.82. The number of rotatable bonds is 4. The van der Waals surface area contributed by atoms with E-state index in [1.165, 1.54) is 18.4 Å². The fourth-order valence-electron chi connectivity index (χ4n) is 2.64. The number of benzene rings is 2. The Morgan fingerprint density at radius 1 is 1.21 bits per heavy atom. The Balaban J connectivity index is 1.67. The summed E-state index contributed by atoms with van der Waals surface area (Å²) < 4.78 is 25.2. The van der Waals surface area contributed by atoms with Gasteiger partial charge in [-0.1, -0.05) is 29.3 Å². The largest absolute Gasteiger partial charge is 0.326 e. The molecule has 0 saturated heterocycles. The van der Waals surface area contributed by atoms with Gasteiger partial charge in [0.15, 0.2) is 0 Å². The molecule has 126 valence electrons. The second-order valence-corrected chi connectivity index (χ2v) is 7.87. The van der Waals surface area contributed by atoms with Crippen LogP contribution < -0.4 is 5.32 Å². The minimum atomic E-state index is -1.40. The lowest BCUT2D eigenvalue weighted by Gasteiger charge is -2.07. The molecular weight excluding hydrogens is 372 g/mol. The maximum absolute atomic E-state index is 13.8. The normalized spacial score (nSPS) is 20.5. The Bertz CT molecular complexity index is 843. The lowest BCUT2D eigenvalue weighted by molar-refractivity contribution is -0.117. The molecule has 3 nitrogen and oxygen atoms in total. The van der Waals surface area contributed by atoms with Gasteiger partial charge in [0.2, 0.25) is 5.91 Å². The topological polar surface area (TPSA) is 46.2 Å². The first kappa shape index (κ1) is 17.4. The van der Waals surface area contributed by atoms with Crippen LogP contribution in [-0.4, -0.2) is 16.4 Å². The summed E-state index contributed by atoms with van der Waals surface area (Å²) in [6.45, 7) is 0. The zero-order valence-corrected chi connectivity index (χ0v) is 15.0. The van der Waals surface area contributed by atoms with Gasteiger partial charge < -0.3 is 5.32 Å². The van der Waals surface area contributed by atoms with Gasteiger partial charge >= 0.3 is 0 Å². The van der Waals surface area contributed by atoms with Gasteiger partial charge in [0.1, 0.15) is 5.82 Å². The van der Waals surface area contributed by atoms with Crippen LogP contribution in [0.15, 0.2) is 41.3 Å². The molecule has 1 amide bonds. The molecule has 0 radical (unpaired) electrons. The predicted octanol–water partition coefficient (Wildman–Crippen LogP) is 4.61. The van der Waals surface area contributed by atoms with Crippen LogP contribution in [0.4, 0.5) is 10.1 Å². The second-order valence-electron chi connectivity index (χ2n) is 5.71. The summed E-state index contributed by atoms with van der Waals surface area (Å²) in [5, 5.41) is 3.64. The molecule has 2 aromatic carbocycles. The van der Waals surface area contributed by atoms with Crippen LogP contribution in [0.1, 0.15) is 17.9 Å². The van der Waals surface area contributed by atoms with E-state index in [1.807, 2.05) is 6.07 Å². The molecule has 1 N–H and O–H groups in total. The Kier molecular flexibility index (Phi) is 4.95. The molecule has 1 fully saturated rings. The Morgan fingerprint density at radius 3 is 2.58 bits per heavy atom. The highest BCUT2D eigenvalue weighted by atomic mass is 35.5. The monoisotopic (exact) mass is 385 g/mol. The van der Waals surface area contributed by atoms with Crippen LogP contribution in [-0.2, 0) is 15.6 Å². The van der Waals surface area contributed by atoms with E-state index in [1.54, 1.807) is 18.2 Å². The molecule has 0 spiro atoms. The van der Waals surface area contributed by atoms with Crippen molar-refractivity contribution in [1.82, 2.24) is 0 Å². The first-order chi connectivity index (χ1) is 11.4. The summed E-state index contributed by atoms with van der Waals surface area (Å²) in [4.78, 5) is 12.4. The van der Waals surface area contributed by atoms with Gasteiger partial charge in [0.25, 0.3) is 0 Å². The molecule has 0 aliphatic heterocycles. The van der Waals surface area contributed by atoms with Gasteiger partial charge in [-0.15, -0.1) is 0 Å². The predicted molar refractivity (Wildman–Crippen MR) is 94.7 cm³/mol. The maximum atomic E-state index is 13.8. The molecule has 0 heterocycles.